The number of nitrogen functional groups attached to an aromatic ring is 1. The predicted molar refractivity (Wildman–Crippen MR) is 33.4 cm³/mol. The zero-order valence-electron chi connectivity index (χ0n) is 4.98. The van der Waals surface area contributed by atoms with Crippen LogP contribution in [-0.2, 0) is 0 Å². The molecule has 5 heteroatoms. The first-order valence-corrected chi connectivity index (χ1v) is 2.51. The molecule has 1 heterocycles. The first-order valence-electron chi connectivity index (χ1n) is 2.51. The van der Waals surface area contributed by atoms with Gasteiger partial charge < -0.3 is 10.8 Å². The van der Waals surface area contributed by atoms with Crippen molar-refractivity contribution in [3.05, 3.63) is 18.0 Å². The van der Waals surface area contributed by atoms with E-state index < -0.39 is 5.97 Å². The van der Waals surface area contributed by atoms with E-state index in [9.17, 15) is 4.79 Å². The second-order valence-corrected chi connectivity index (χ2v) is 1.66. The summed E-state index contributed by atoms with van der Waals surface area (Å²) in [5, 5.41) is 15.2. The molecule has 0 saturated carbocycles. The van der Waals surface area contributed by atoms with E-state index in [0.717, 1.165) is 6.20 Å². The number of nitrogens with zero attached hydrogens (tertiary/aromatic N) is 2. The maximum Gasteiger partial charge on any atom is 0.339 e. The van der Waals surface area contributed by atoms with Crippen molar-refractivity contribution < 1.29 is 9.90 Å². The van der Waals surface area contributed by atoms with E-state index in [2.05, 4.69) is 10.2 Å². The summed E-state index contributed by atoms with van der Waals surface area (Å²) in [6.45, 7) is 0. The molecule has 0 saturated heterocycles. The number of carboxylic acids is 1. The Labute approximate surface area is 56.5 Å². The molecule has 0 aliphatic heterocycles. The Balaban J connectivity index is 3.15. The van der Waals surface area contributed by atoms with Gasteiger partial charge in [-0.05, 0) is 0 Å². The summed E-state index contributed by atoms with van der Waals surface area (Å²) in [6.07, 6.45) is 2.31. The Morgan fingerprint density at radius 2 is 2.10 bits per heavy atom. The van der Waals surface area contributed by atoms with Crippen LogP contribution < -0.4 is 5.73 Å². The second-order valence-electron chi connectivity index (χ2n) is 1.66. The van der Waals surface area contributed by atoms with E-state index in [1.807, 2.05) is 0 Å². The van der Waals surface area contributed by atoms with Crippen LogP contribution >= 0.6 is 0 Å². The summed E-state index contributed by atoms with van der Waals surface area (Å²) in [4.78, 5) is 10.3. The minimum absolute atomic E-state index is 0.0185. The largest absolute Gasteiger partial charge is 0.478 e. The van der Waals surface area contributed by atoms with Crippen molar-refractivity contribution >= 4 is 11.7 Å². The Morgan fingerprint density at radius 3 is 2.50 bits per heavy atom. The van der Waals surface area contributed by atoms with Gasteiger partial charge in [0, 0.05) is 0 Å². The highest BCUT2D eigenvalue weighted by molar-refractivity contribution is 5.92. The third-order valence-corrected chi connectivity index (χ3v) is 0.992. The van der Waals surface area contributed by atoms with Crippen LogP contribution in [0, 0.1) is 0 Å². The summed E-state index contributed by atoms with van der Waals surface area (Å²) in [5.74, 6) is -1.09. The average Bonchev–Trinajstić information content (AvgIpc) is 1.88. The lowest BCUT2D eigenvalue weighted by Crippen LogP contribution is -2.03. The fourth-order valence-corrected chi connectivity index (χ4v) is 0.509. The zero-order valence-corrected chi connectivity index (χ0v) is 4.98. The van der Waals surface area contributed by atoms with Gasteiger partial charge >= 0.3 is 5.97 Å². The molecular weight excluding hydrogens is 134 g/mol. The number of anilines is 1. The monoisotopic (exact) mass is 139 g/mol. The summed E-state index contributed by atoms with van der Waals surface area (Å²) in [6, 6.07) is 0. The maximum absolute atomic E-state index is 10.3. The highest BCUT2D eigenvalue weighted by Gasteiger charge is 2.05. The van der Waals surface area contributed by atoms with Crippen LogP contribution in [-0.4, -0.2) is 21.3 Å². The second kappa shape index (κ2) is 2.30. The van der Waals surface area contributed by atoms with E-state index in [-0.39, 0.29) is 11.3 Å². The van der Waals surface area contributed by atoms with Crippen molar-refractivity contribution in [2.45, 2.75) is 0 Å². The Bertz CT molecular complexity index is 261. The third kappa shape index (κ3) is 1.02. The summed E-state index contributed by atoms with van der Waals surface area (Å²) in [7, 11) is 0. The van der Waals surface area contributed by atoms with Crippen LogP contribution in [0.2, 0.25) is 0 Å². The predicted octanol–water partition coefficient (Wildman–Crippen LogP) is -0.243. The molecule has 3 N–H and O–H groups in total. The highest BCUT2D eigenvalue weighted by Crippen LogP contribution is 2.05. The molecule has 0 amide bonds. The van der Waals surface area contributed by atoms with Crippen LogP contribution in [0.3, 0.4) is 0 Å². The van der Waals surface area contributed by atoms with E-state index in [4.69, 9.17) is 10.8 Å². The van der Waals surface area contributed by atoms with Crippen LogP contribution in [0.1, 0.15) is 10.4 Å². The maximum atomic E-state index is 10.3. The topological polar surface area (TPSA) is 89.1 Å². The van der Waals surface area contributed by atoms with Gasteiger partial charge in [-0.15, -0.1) is 0 Å². The standard InChI is InChI=1S/C5H5N3O2/c6-4-2-8-7-1-3(4)5(9)10/h1-2H,(H2,6,7)(H,9,10). The molecular formula is C5H5N3O2. The molecule has 0 aliphatic carbocycles. The fraction of sp³-hybridized carbons (Fsp3) is 0. The molecule has 5 nitrogen and oxygen atoms in total. The number of aromatic nitrogens is 2. The van der Waals surface area contributed by atoms with Gasteiger partial charge in [-0.2, -0.15) is 10.2 Å². The molecule has 0 bridgehead atoms. The molecule has 1 aromatic heterocycles. The van der Waals surface area contributed by atoms with Gasteiger partial charge in [0.15, 0.2) is 0 Å². The summed E-state index contributed by atoms with van der Waals surface area (Å²) < 4.78 is 0. The smallest absolute Gasteiger partial charge is 0.339 e. The highest BCUT2D eigenvalue weighted by atomic mass is 16.4. The number of carbonyl (C=O) groups is 1. The molecule has 0 aromatic carbocycles. The SMILES string of the molecule is Nc1cnncc1C(=O)O. The van der Waals surface area contributed by atoms with Crippen LogP contribution in [0.4, 0.5) is 5.69 Å². The first-order chi connectivity index (χ1) is 4.72. The third-order valence-electron chi connectivity index (χ3n) is 0.992. The number of carboxylic acid groups (broad SMARTS) is 1. The average molecular weight is 139 g/mol. The van der Waals surface area contributed by atoms with Gasteiger partial charge in [-0.25, -0.2) is 4.79 Å². The molecule has 0 fully saturated rings. The van der Waals surface area contributed by atoms with E-state index in [0.29, 0.717) is 0 Å². The number of rotatable bonds is 1. The van der Waals surface area contributed by atoms with Crippen molar-refractivity contribution in [3.63, 3.8) is 0 Å². The van der Waals surface area contributed by atoms with E-state index in [1.165, 1.54) is 6.20 Å². The van der Waals surface area contributed by atoms with Gasteiger partial charge in [0.2, 0.25) is 0 Å². The van der Waals surface area contributed by atoms with Crippen molar-refractivity contribution in [1.29, 1.82) is 0 Å². The lowest BCUT2D eigenvalue weighted by Gasteiger charge is -1.94. The summed E-state index contributed by atoms with van der Waals surface area (Å²) >= 11 is 0. The molecule has 1 aromatic rings. The Hall–Kier alpha value is -1.65. The summed E-state index contributed by atoms with van der Waals surface area (Å²) in [5.41, 5.74) is 5.35. The molecule has 10 heavy (non-hydrogen) atoms. The van der Waals surface area contributed by atoms with Crippen molar-refractivity contribution in [1.82, 2.24) is 10.2 Å². The molecule has 0 unspecified atom stereocenters. The minimum Gasteiger partial charge on any atom is -0.478 e. The van der Waals surface area contributed by atoms with Gasteiger partial charge in [0.05, 0.1) is 18.1 Å². The fourth-order valence-electron chi connectivity index (χ4n) is 0.509. The van der Waals surface area contributed by atoms with Crippen LogP contribution in [0.25, 0.3) is 0 Å². The minimum atomic E-state index is -1.09. The Kier molecular flexibility index (Phi) is 1.49. The number of aromatic carboxylic acids is 1. The number of nitrogens with two attached hydrogens (primary N) is 1. The van der Waals surface area contributed by atoms with Crippen LogP contribution in [0.5, 0.6) is 0 Å². The quantitative estimate of drug-likeness (QED) is 0.560. The Morgan fingerprint density at radius 1 is 1.50 bits per heavy atom. The van der Waals surface area contributed by atoms with Gasteiger partial charge in [-0.3, -0.25) is 0 Å². The zero-order chi connectivity index (χ0) is 7.56. The molecule has 0 aliphatic rings. The van der Waals surface area contributed by atoms with E-state index in [1.54, 1.807) is 0 Å². The van der Waals surface area contributed by atoms with Crippen LogP contribution in [0.15, 0.2) is 12.4 Å². The lowest BCUT2D eigenvalue weighted by molar-refractivity contribution is 0.0697. The van der Waals surface area contributed by atoms with Gasteiger partial charge in [0.25, 0.3) is 0 Å². The normalized spacial score (nSPS) is 9.20. The van der Waals surface area contributed by atoms with Gasteiger partial charge in [-0.1, -0.05) is 0 Å². The number of hydrogen-bond donors (Lipinski definition) is 2. The lowest BCUT2D eigenvalue weighted by atomic mass is 10.3. The van der Waals surface area contributed by atoms with E-state index >= 15 is 0 Å². The van der Waals surface area contributed by atoms with Gasteiger partial charge in [0.1, 0.15) is 5.56 Å². The molecule has 0 spiro atoms. The molecule has 0 radical (unpaired) electrons. The van der Waals surface area contributed by atoms with Crippen molar-refractivity contribution in [3.8, 4) is 0 Å². The molecule has 0 atom stereocenters. The first kappa shape index (κ1) is 6.47. The van der Waals surface area contributed by atoms with Crippen molar-refractivity contribution in [2.75, 3.05) is 5.73 Å². The molecule has 1 rings (SSSR count). The number of hydrogen-bond acceptors (Lipinski definition) is 4. The molecule has 52 valence electrons. The van der Waals surface area contributed by atoms with Crippen molar-refractivity contribution in [2.24, 2.45) is 0 Å².